The topological polar surface area (TPSA) is 66.5 Å². The van der Waals surface area contributed by atoms with Crippen LogP contribution in [0.1, 0.15) is 19.4 Å². The molecule has 0 spiro atoms. The van der Waals surface area contributed by atoms with Gasteiger partial charge in [-0.05, 0) is 26.0 Å². The Bertz CT molecular complexity index is 358. The van der Waals surface area contributed by atoms with E-state index >= 15 is 0 Å². The molecule has 0 fully saturated rings. The van der Waals surface area contributed by atoms with E-state index in [2.05, 4.69) is 0 Å². The lowest BCUT2D eigenvalue weighted by molar-refractivity contribution is -0.487. The molecule has 0 aliphatic rings. The number of nitrogens with zero attached hydrogens (tertiary/aromatic N) is 1. The van der Waals surface area contributed by atoms with Crippen molar-refractivity contribution in [3.05, 3.63) is 29.0 Å². The van der Waals surface area contributed by atoms with Gasteiger partial charge in [-0.1, -0.05) is 0 Å². The lowest BCUT2D eigenvalue weighted by Gasteiger charge is -2.07. The third-order valence-corrected chi connectivity index (χ3v) is 1.79. The van der Waals surface area contributed by atoms with Gasteiger partial charge in [0.25, 0.3) is 0 Å². The molecule has 0 atom stereocenters. The van der Waals surface area contributed by atoms with Gasteiger partial charge in [0.05, 0.1) is 5.56 Å². The molecule has 0 radical (unpaired) electrons. The van der Waals surface area contributed by atoms with Crippen LogP contribution >= 0.6 is 0 Å². The summed E-state index contributed by atoms with van der Waals surface area (Å²) in [5.74, 6) is -0.131. The van der Waals surface area contributed by atoms with E-state index in [1.165, 1.54) is 24.4 Å². The molecule has 1 aromatic rings. The zero-order valence-corrected chi connectivity index (χ0v) is 8.14. The summed E-state index contributed by atoms with van der Waals surface area (Å²) in [6.07, 6.45) is 1.29. The van der Waals surface area contributed by atoms with Crippen LogP contribution in [0.5, 0.6) is 11.5 Å². The van der Waals surface area contributed by atoms with Crippen LogP contribution in [-0.4, -0.2) is 27.2 Å². The molecule has 76 valence electrons. The Kier molecular flexibility index (Phi) is 2.96. The lowest BCUT2D eigenvalue weighted by Crippen LogP contribution is -2.14. The summed E-state index contributed by atoms with van der Waals surface area (Å²) < 4.78 is 0.742. The molecule has 0 aliphatic carbocycles. The highest BCUT2D eigenvalue weighted by Gasteiger charge is 2.05. The Balaban J connectivity index is 3.03. The van der Waals surface area contributed by atoms with E-state index in [9.17, 15) is 10.3 Å². The van der Waals surface area contributed by atoms with Gasteiger partial charge < -0.3 is 15.4 Å². The highest BCUT2D eigenvalue weighted by Crippen LogP contribution is 2.20. The van der Waals surface area contributed by atoms with E-state index < -0.39 is 0 Å². The third-order valence-electron chi connectivity index (χ3n) is 1.79. The molecule has 1 aromatic carbocycles. The lowest BCUT2D eigenvalue weighted by atomic mass is 10.2. The van der Waals surface area contributed by atoms with Crippen molar-refractivity contribution in [2.45, 2.75) is 19.9 Å². The third kappa shape index (κ3) is 2.39. The standard InChI is InChI=1S/C10H13NO3/c1-7(2)11(14)6-8-3-4-9(12)5-10(8)13/h3-7,12-13H,1-2H3/b11-6-. The van der Waals surface area contributed by atoms with Crippen LogP contribution in [0.15, 0.2) is 18.2 Å². The second kappa shape index (κ2) is 4.00. The zero-order valence-electron chi connectivity index (χ0n) is 8.14. The van der Waals surface area contributed by atoms with Gasteiger partial charge in [0, 0.05) is 6.07 Å². The minimum Gasteiger partial charge on any atom is -0.624 e. The first-order valence-corrected chi connectivity index (χ1v) is 4.33. The average Bonchev–Trinajstić information content (AvgIpc) is 2.09. The van der Waals surface area contributed by atoms with Crippen molar-refractivity contribution in [3.8, 4) is 11.5 Å². The van der Waals surface area contributed by atoms with Crippen molar-refractivity contribution in [2.75, 3.05) is 0 Å². The molecule has 0 unspecified atom stereocenters. The van der Waals surface area contributed by atoms with Crippen molar-refractivity contribution in [2.24, 2.45) is 0 Å². The van der Waals surface area contributed by atoms with Gasteiger partial charge >= 0.3 is 0 Å². The molecule has 14 heavy (non-hydrogen) atoms. The van der Waals surface area contributed by atoms with Crippen molar-refractivity contribution in [3.63, 3.8) is 0 Å². The Hall–Kier alpha value is -1.71. The van der Waals surface area contributed by atoms with Gasteiger partial charge in [-0.2, -0.15) is 0 Å². The largest absolute Gasteiger partial charge is 0.624 e. The maximum Gasteiger partial charge on any atom is 0.185 e. The number of hydroxylamine groups is 1. The predicted molar refractivity (Wildman–Crippen MR) is 53.7 cm³/mol. The van der Waals surface area contributed by atoms with Crippen LogP contribution in [0.4, 0.5) is 0 Å². The van der Waals surface area contributed by atoms with Gasteiger partial charge in [0.1, 0.15) is 11.5 Å². The predicted octanol–water partition coefficient (Wildman–Crippen LogP) is 1.44. The van der Waals surface area contributed by atoms with E-state index in [1.807, 2.05) is 0 Å². The Morgan fingerprint density at radius 2 is 2.00 bits per heavy atom. The molecule has 0 saturated carbocycles. The SMILES string of the molecule is CC(C)/[N+]([O-])=C/c1ccc(O)cc1O. The van der Waals surface area contributed by atoms with E-state index in [1.54, 1.807) is 13.8 Å². The molecule has 2 N–H and O–H groups in total. The van der Waals surface area contributed by atoms with Crippen molar-refractivity contribution in [1.82, 2.24) is 0 Å². The van der Waals surface area contributed by atoms with Gasteiger partial charge in [-0.25, -0.2) is 4.74 Å². The fourth-order valence-corrected chi connectivity index (χ4v) is 0.927. The van der Waals surface area contributed by atoms with E-state index in [-0.39, 0.29) is 17.5 Å². The van der Waals surface area contributed by atoms with Crippen LogP contribution in [-0.2, 0) is 0 Å². The van der Waals surface area contributed by atoms with E-state index in [0.29, 0.717) is 5.56 Å². The highest BCUT2D eigenvalue weighted by atomic mass is 16.5. The van der Waals surface area contributed by atoms with Crippen LogP contribution in [0.25, 0.3) is 0 Å². The number of hydrogen-bond acceptors (Lipinski definition) is 3. The number of hydrogen-bond donors (Lipinski definition) is 2. The fourth-order valence-electron chi connectivity index (χ4n) is 0.927. The minimum atomic E-state index is -0.178. The van der Waals surface area contributed by atoms with Crippen LogP contribution < -0.4 is 0 Å². The van der Waals surface area contributed by atoms with Crippen molar-refractivity contribution < 1.29 is 15.0 Å². The molecule has 0 amide bonds. The Morgan fingerprint density at radius 1 is 1.36 bits per heavy atom. The summed E-state index contributed by atoms with van der Waals surface area (Å²) >= 11 is 0. The molecule has 0 aliphatic heterocycles. The number of phenols is 2. The molecule has 4 heteroatoms. The maximum atomic E-state index is 11.2. The molecule has 0 bridgehead atoms. The Labute approximate surface area is 82.3 Å². The summed E-state index contributed by atoms with van der Waals surface area (Å²) in [6, 6.07) is 3.92. The fraction of sp³-hybridized carbons (Fsp3) is 0.300. The summed E-state index contributed by atoms with van der Waals surface area (Å²) in [4.78, 5) is 0. The number of benzene rings is 1. The van der Waals surface area contributed by atoms with Crippen molar-refractivity contribution in [1.29, 1.82) is 0 Å². The normalized spacial score (nSPS) is 12.1. The van der Waals surface area contributed by atoms with E-state index in [0.717, 1.165) is 4.74 Å². The average molecular weight is 195 g/mol. The molecule has 0 saturated heterocycles. The second-order valence-electron chi connectivity index (χ2n) is 3.33. The first kappa shape index (κ1) is 10.4. The minimum absolute atomic E-state index is 0.0263. The second-order valence-corrected chi connectivity index (χ2v) is 3.33. The maximum absolute atomic E-state index is 11.2. The summed E-state index contributed by atoms with van der Waals surface area (Å²) in [7, 11) is 0. The first-order valence-electron chi connectivity index (χ1n) is 4.33. The molecular formula is C10H13NO3. The molecule has 4 nitrogen and oxygen atoms in total. The zero-order chi connectivity index (χ0) is 10.7. The van der Waals surface area contributed by atoms with Crippen LogP contribution in [0.3, 0.4) is 0 Å². The molecule has 0 aromatic heterocycles. The number of aromatic hydroxyl groups is 2. The smallest absolute Gasteiger partial charge is 0.185 e. The molecule has 1 rings (SSSR count). The number of rotatable bonds is 2. The van der Waals surface area contributed by atoms with E-state index in [4.69, 9.17) is 5.11 Å². The van der Waals surface area contributed by atoms with Crippen LogP contribution in [0.2, 0.25) is 0 Å². The van der Waals surface area contributed by atoms with Gasteiger partial charge in [0.15, 0.2) is 12.3 Å². The quantitative estimate of drug-likeness (QED) is 0.325. The summed E-state index contributed by atoms with van der Waals surface area (Å²) in [6.45, 7) is 3.50. The van der Waals surface area contributed by atoms with Gasteiger partial charge in [0.2, 0.25) is 0 Å². The summed E-state index contributed by atoms with van der Waals surface area (Å²) in [5, 5.41) is 29.6. The highest BCUT2D eigenvalue weighted by molar-refractivity contribution is 5.80. The van der Waals surface area contributed by atoms with Crippen molar-refractivity contribution >= 4 is 6.21 Å². The summed E-state index contributed by atoms with van der Waals surface area (Å²) in [5.41, 5.74) is 0.395. The van der Waals surface area contributed by atoms with Gasteiger partial charge in [-0.15, -0.1) is 0 Å². The molecule has 0 heterocycles. The van der Waals surface area contributed by atoms with Gasteiger partial charge in [-0.3, -0.25) is 0 Å². The molecular weight excluding hydrogens is 182 g/mol. The number of phenolic OH excluding ortho intramolecular Hbond substituents is 2. The van der Waals surface area contributed by atoms with Crippen LogP contribution in [0, 0.1) is 5.21 Å². The monoisotopic (exact) mass is 195 g/mol. The Morgan fingerprint density at radius 3 is 2.50 bits per heavy atom. The first-order chi connectivity index (χ1) is 6.50.